The fourth-order valence-electron chi connectivity index (χ4n) is 1.91. The Morgan fingerprint density at radius 3 is 2.43 bits per heavy atom. The van der Waals surface area contributed by atoms with Crippen molar-refractivity contribution in [1.29, 1.82) is 0 Å². The Morgan fingerprint density at radius 2 is 1.86 bits per heavy atom. The number of benzene rings is 1. The Kier molecular flexibility index (Phi) is 7.25. The number of aliphatic hydroxyl groups excluding tert-OH is 1. The molecule has 2 amide bonds. The summed E-state index contributed by atoms with van der Waals surface area (Å²) in [6, 6.07) is 7.11. The Balaban J connectivity index is 2.55. The Morgan fingerprint density at radius 1 is 1.19 bits per heavy atom. The summed E-state index contributed by atoms with van der Waals surface area (Å²) in [5, 5.41) is 20.4. The van der Waals surface area contributed by atoms with Crippen LogP contribution in [0.2, 0.25) is 0 Å². The Hall–Kier alpha value is -2.08. The second-order valence-electron chi connectivity index (χ2n) is 4.84. The summed E-state index contributed by atoms with van der Waals surface area (Å²) in [5.74, 6) is -1.09. The van der Waals surface area contributed by atoms with E-state index in [0.717, 1.165) is 12.8 Å². The van der Waals surface area contributed by atoms with Gasteiger partial charge in [-0.1, -0.05) is 30.3 Å². The molecule has 0 aliphatic carbocycles. The van der Waals surface area contributed by atoms with E-state index < -0.39 is 18.0 Å². The largest absolute Gasteiger partial charge is 0.479 e. The molecule has 0 aromatic heterocycles. The lowest BCUT2D eigenvalue weighted by molar-refractivity contribution is -0.139. The molecule has 21 heavy (non-hydrogen) atoms. The molecular formula is C15H22N2O4. The molecule has 1 atom stereocenters. The first kappa shape index (κ1) is 17.0. The molecule has 1 aromatic carbocycles. The number of carbonyl (C=O) groups is 2. The van der Waals surface area contributed by atoms with E-state index in [1.165, 1.54) is 4.90 Å². The highest BCUT2D eigenvalue weighted by atomic mass is 16.4. The highest BCUT2D eigenvalue weighted by Gasteiger charge is 2.23. The van der Waals surface area contributed by atoms with Gasteiger partial charge < -0.3 is 20.4 Å². The van der Waals surface area contributed by atoms with Gasteiger partial charge >= 0.3 is 12.0 Å². The van der Waals surface area contributed by atoms with Crippen LogP contribution in [0.5, 0.6) is 0 Å². The van der Waals surface area contributed by atoms with Gasteiger partial charge in [0.1, 0.15) is 0 Å². The van der Waals surface area contributed by atoms with E-state index in [0.29, 0.717) is 18.5 Å². The highest BCUT2D eigenvalue weighted by Crippen LogP contribution is 2.13. The van der Waals surface area contributed by atoms with Crippen LogP contribution in [0.1, 0.15) is 30.9 Å². The molecule has 0 heterocycles. The monoisotopic (exact) mass is 294 g/mol. The Labute approximate surface area is 124 Å². The van der Waals surface area contributed by atoms with Crippen molar-refractivity contribution in [2.75, 3.05) is 20.2 Å². The van der Waals surface area contributed by atoms with Gasteiger partial charge in [-0.15, -0.1) is 0 Å². The highest BCUT2D eigenvalue weighted by molar-refractivity contribution is 5.83. The maximum atomic E-state index is 12.0. The van der Waals surface area contributed by atoms with Gasteiger partial charge in [-0.05, 0) is 24.8 Å². The minimum atomic E-state index is -1.09. The first-order valence-corrected chi connectivity index (χ1v) is 6.96. The maximum Gasteiger partial charge on any atom is 0.330 e. The number of hydrogen-bond donors (Lipinski definition) is 3. The first-order valence-electron chi connectivity index (χ1n) is 6.96. The van der Waals surface area contributed by atoms with Crippen LogP contribution >= 0.6 is 0 Å². The molecule has 0 saturated heterocycles. The normalized spacial score (nSPS) is 11.7. The van der Waals surface area contributed by atoms with Crippen molar-refractivity contribution in [2.24, 2.45) is 0 Å². The second kappa shape index (κ2) is 8.97. The van der Waals surface area contributed by atoms with Gasteiger partial charge in [0.25, 0.3) is 0 Å². The minimum absolute atomic E-state index is 0.144. The van der Waals surface area contributed by atoms with E-state index >= 15 is 0 Å². The van der Waals surface area contributed by atoms with E-state index in [1.807, 2.05) is 0 Å². The quantitative estimate of drug-likeness (QED) is 0.635. The van der Waals surface area contributed by atoms with Crippen LogP contribution in [0.3, 0.4) is 0 Å². The molecule has 0 spiro atoms. The number of carboxylic acids is 1. The molecule has 116 valence electrons. The van der Waals surface area contributed by atoms with Crippen LogP contribution in [0.25, 0.3) is 0 Å². The van der Waals surface area contributed by atoms with Crippen molar-refractivity contribution in [3.05, 3.63) is 35.9 Å². The van der Waals surface area contributed by atoms with Crippen LogP contribution in [0.4, 0.5) is 4.79 Å². The van der Waals surface area contributed by atoms with Crippen molar-refractivity contribution in [3.63, 3.8) is 0 Å². The predicted octanol–water partition coefficient (Wildman–Crippen LogP) is 1.62. The molecule has 0 aliphatic rings. The first-order chi connectivity index (χ1) is 10.1. The zero-order valence-electron chi connectivity index (χ0n) is 12.2. The molecule has 0 saturated carbocycles. The van der Waals surface area contributed by atoms with E-state index in [-0.39, 0.29) is 6.61 Å². The maximum absolute atomic E-state index is 12.0. The smallest absolute Gasteiger partial charge is 0.330 e. The number of unbranched alkanes of at least 4 members (excludes halogenated alkanes) is 2. The van der Waals surface area contributed by atoms with E-state index in [1.54, 1.807) is 37.4 Å². The third-order valence-electron chi connectivity index (χ3n) is 3.15. The second-order valence-corrected chi connectivity index (χ2v) is 4.84. The van der Waals surface area contributed by atoms with E-state index in [4.69, 9.17) is 5.11 Å². The van der Waals surface area contributed by atoms with Crippen LogP contribution in [-0.2, 0) is 4.79 Å². The molecule has 1 aromatic rings. The standard InChI is InChI=1S/C15H22N2O4/c1-17(10-6-3-7-11-18)15(21)16-13(14(19)20)12-8-4-2-5-9-12/h2,4-5,8-9,13,18H,3,6-7,10-11H2,1H3,(H,16,21)(H,19,20)/t13-/m1/s1. The van der Waals surface area contributed by atoms with Crippen molar-refractivity contribution in [3.8, 4) is 0 Å². The molecule has 0 unspecified atom stereocenters. The number of carbonyl (C=O) groups excluding carboxylic acids is 1. The Bertz CT molecular complexity index is 450. The fraction of sp³-hybridized carbons (Fsp3) is 0.467. The van der Waals surface area contributed by atoms with Gasteiger partial charge in [-0.25, -0.2) is 9.59 Å². The number of urea groups is 1. The van der Waals surface area contributed by atoms with Crippen molar-refractivity contribution in [2.45, 2.75) is 25.3 Å². The average molecular weight is 294 g/mol. The number of aliphatic hydroxyl groups is 1. The van der Waals surface area contributed by atoms with E-state index in [2.05, 4.69) is 5.32 Å². The summed E-state index contributed by atoms with van der Waals surface area (Å²) in [5.41, 5.74) is 0.534. The number of carboxylic acid groups (broad SMARTS) is 1. The van der Waals surface area contributed by atoms with Gasteiger partial charge in [-0.3, -0.25) is 0 Å². The molecular weight excluding hydrogens is 272 g/mol. The topological polar surface area (TPSA) is 89.9 Å². The van der Waals surface area contributed by atoms with Crippen LogP contribution in [0.15, 0.2) is 30.3 Å². The number of amides is 2. The summed E-state index contributed by atoms with van der Waals surface area (Å²) in [6.45, 7) is 0.665. The number of nitrogens with one attached hydrogen (secondary N) is 1. The van der Waals surface area contributed by atoms with Crippen LogP contribution < -0.4 is 5.32 Å². The zero-order valence-corrected chi connectivity index (χ0v) is 12.2. The lowest BCUT2D eigenvalue weighted by atomic mass is 10.1. The van der Waals surface area contributed by atoms with Crippen molar-refractivity contribution < 1.29 is 19.8 Å². The summed E-state index contributed by atoms with van der Waals surface area (Å²) >= 11 is 0. The van der Waals surface area contributed by atoms with Crippen molar-refractivity contribution >= 4 is 12.0 Å². The SMILES string of the molecule is CN(CCCCCO)C(=O)N[C@@H](C(=O)O)c1ccccc1. The van der Waals surface area contributed by atoms with E-state index in [9.17, 15) is 14.7 Å². The molecule has 6 nitrogen and oxygen atoms in total. The van der Waals surface area contributed by atoms with Gasteiger partial charge in [0.15, 0.2) is 6.04 Å². The van der Waals surface area contributed by atoms with Crippen LogP contribution in [0, 0.1) is 0 Å². The molecule has 6 heteroatoms. The summed E-state index contributed by atoms with van der Waals surface area (Å²) < 4.78 is 0. The molecule has 0 bridgehead atoms. The average Bonchev–Trinajstić information content (AvgIpc) is 2.49. The fourth-order valence-corrected chi connectivity index (χ4v) is 1.91. The predicted molar refractivity (Wildman–Crippen MR) is 78.9 cm³/mol. The minimum Gasteiger partial charge on any atom is -0.479 e. The third kappa shape index (κ3) is 5.83. The van der Waals surface area contributed by atoms with Crippen LogP contribution in [-0.4, -0.2) is 47.3 Å². The third-order valence-corrected chi connectivity index (χ3v) is 3.15. The van der Waals surface area contributed by atoms with Gasteiger partial charge in [0.05, 0.1) is 0 Å². The summed E-state index contributed by atoms with van der Waals surface area (Å²) in [7, 11) is 1.62. The molecule has 0 radical (unpaired) electrons. The number of nitrogens with zero attached hydrogens (tertiary/aromatic N) is 1. The zero-order chi connectivity index (χ0) is 15.7. The molecule has 3 N–H and O–H groups in total. The van der Waals surface area contributed by atoms with Gasteiger partial charge in [0.2, 0.25) is 0 Å². The van der Waals surface area contributed by atoms with Gasteiger partial charge in [0, 0.05) is 20.2 Å². The number of aliphatic carboxylic acids is 1. The summed E-state index contributed by atoms with van der Waals surface area (Å²) in [4.78, 5) is 24.7. The number of hydrogen-bond acceptors (Lipinski definition) is 3. The lowest BCUT2D eigenvalue weighted by Crippen LogP contribution is -2.42. The summed E-state index contributed by atoms with van der Waals surface area (Å²) in [6.07, 6.45) is 2.31. The molecule has 0 aliphatic heterocycles. The molecule has 0 fully saturated rings. The molecule has 1 rings (SSSR count). The van der Waals surface area contributed by atoms with Crippen molar-refractivity contribution in [1.82, 2.24) is 10.2 Å². The lowest BCUT2D eigenvalue weighted by Gasteiger charge is -2.21. The number of rotatable bonds is 8. The van der Waals surface area contributed by atoms with Gasteiger partial charge in [-0.2, -0.15) is 0 Å².